The van der Waals surface area contributed by atoms with Crippen molar-refractivity contribution in [2.75, 3.05) is 5.32 Å². The molecule has 2 aromatic heterocycles. The van der Waals surface area contributed by atoms with E-state index in [1.54, 1.807) is 17.8 Å². The average Bonchev–Trinajstić information content (AvgIpc) is 3.06. The van der Waals surface area contributed by atoms with E-state index in [1.807, 2.05) is 12.1 Å². The largest absolute Gasteiger partial charge is 0.390 e. The molecule has 3 N–H and O–H groups in total. The number of aromatic nitrogens is 2. The lowest BCUT2D eigenvalue weighted by atomic mass is 9.52. The second-order valence-electron chi connectivity index (χ2n) is 8.09. The van der Waals surface area contributed by atoms with Crippen molar-refractivity contribution in [3.63, 3.8) is 0 Å². The van der Waals surface area contributed by atoms with E-state index in [0.717, 1.165) is 37.8 Å². The maximum atomic E-state index is 12.7. The minimum Gasteiger partial charge on any atom is -0.390 e. The molecule has 7 heteroatoms. The first-order chi connectivity index (χ1) is 12.6. The van der Waals surface area contributed by atoms with Gasteiger partial charge in [0.15, 0.2) is 5.13 Å². The highest BCUT2D eigenvalue weighted by molar-refractivity contribution is 7.14. The van der Waals surface area contributed by atoms with Crippen LogP contribution in [-0.4, -0.2) is 32.6 Å². The van der Waals surface area contributed by atoms with Crippen LogP contribution in [0.2, 0.25) is 0 Å². The number of nitrogens with zero attached hydrogens (tertiary/aromatic N) is 2. The van der Waals surface area contributed by atoms with Crippen molar-refractivity contribution in [3.05, 3.63) is 35.6 Å². The van der Waals surface area contributed by atoms with E-state index in [2.05, 4.69) is 20.6 Å². The zero-order valence-corrected chi connectivity index (χ0v) is 15.2. The van der Waals surface area contributed by atoms with Crippen molar-refractivity contribution < 1.29 is 9.90 Å². The van der Waals surface area contributed by atoms with E-state index in [1.165, 1.54) is 11.3 Å². The molecule has 0 saturated heterocycles. The van der Waals surface area contributed by atoms with Gasteiger partial charge in [0.05, 0.1) is 5.60 Å². The van der Waals surface area contributed by atoms with Gasteiger partial charge in [0.25, 0.3) is 5.91 Å². The van der Waals surface area contributed by atoms with E-state index in [4.69, 9.17) is 0 Å². The first-order valence-corrected chi connectivity index (χ1v) is 10.1. The predicted octanol–water partition coefficient (Wildman–Crippen LogP) is 2.95. The highest BCUT2D eigenvalue weighted by Gasteiger charge is 2.55. The highest BCUT2D eigenvalue weighted by atomic mass is 32.1. The first kappa shape index (κ1) is 16.2. The van der Waals surface area contributed by atoms with Crippen LogP contribution in [0, 0.1) is 17.8 Å². The van der Waals surface area contributed by atoms with Crippen LogP contribution in [0.5, 0.6) is 0 Å². The van der Waals surface area contributed by atoms with E-state index in [-0.39, 0.29) is 11.9 Å². The molecule has 4 aliphatic rings. The normalized spacial score (nSPS) is 34.7. The topological polar surface area (TPSA) is 87.1 Å². The van der Waals surface area contributed by atoms with E-state index in [9.17, 15) is 9.90 Å². The average molecular weight is 370 g/mol. The molecule has 2 unspecified atom stereocenters. The molecule has 0 aromatic carbocycles. The minimum atomic E-state index is -0.472. The molecule has 26 heavy (non-hydrogen) atoms. The molecule has 6 rings (SSSR count). The number of rotatable bonds is 4. The monoisotopic (exact) mass is 370 g/mol. The highest BCUT2D eigenvalue weighted by Crippen LogP contribution is 2.55. The summed E-state index contributed by atoms with van der Waals surface area (Å²) < 4.78 is 0. The third kappa shape index (κ3) is 2.89. The lowest BCUT2D eigenvalue weighted by molar-refractivity contribution is -0.136. The summed E-state index contributed by atoms with van der Waals surface area (Å²) in [5.74, 6) is 1.35. The number of carbonyl (C=O) groups excluding carboxylic acids is 1. The van der Waals surface area contributed by atoms with Crippen LogP contribution < -0.4 is 10.6 Å². The van der Waals surface area contributed by atoms with Gasteiger partial charge >= 0.3 is 0 Å². The molecule has 4 saturated carbocycles. The van der Waals surface area contributed by atoms with Crippen molar-refractivity contribution in [3.8, 4) is 0 Å². The van der Waals surface area contributed by atoms with Crippen LogP contribution in [0.3, 0.4) is 0 Å². The number of anilines is 2. The zero-order chi connectivity index (χ0) is 17.7. The Balaban J connectivity index is 1.27. The number of thiazole rings is 1. The standard InChI is InChI=1S/C19H22N4O2S/c24-17(15-10-26-18(22-15)21-14-1-3-20-4-2-14)23-16-12-5-11-6-13(16)9-19(25,7-11)8-12/h1-4,10-13,16,25H,5-9H2,(H,23,24)(H,20,21,22). The van der Waals surface area contributed by atoms with Crippen LogP contribution in [0.1, 0.15) is 42.6 Å². The molecule has 2 heterocycles. The molecule has 4 aliphatic carbocycles. The van der Waals surface area contributed by atoms with E-state index < -0.39 is 5.60 Å². The van der Waals surface area contributed by atoms with Gasteiger partial charge in [-0.25, -0.2) is 4.98 Å². The summed E-state index contributed by atoms with van der Waals surface area (Å²) in [4.78, 5) is 21.1. The van der Waals surface area contributed by atoms with Crippen molar-refractivity contribution in [2.45, 2.75) is 43.7 Å². The van der Waals surface area contributed by atoms with Crippen molar-refractivity contribution in [1.82, 2.24) is 15.3 Å². The van der Waals surface area contributed by atoms with Crippen molar-refractivity contribution >= 4 is 28.1 Å². The molecule has 1 amide bonds. The number of aliphatic hydroxyl groups is 1. The van der Waals surface area contributed by atoms with Gasteiger partial charge in [-0.15, -0.1) is 11.3 Å². The van der Waals surface area contributed by atoms with Gasteiger partial charge in [0.2, 0.25) is 0 Å². The zero-order valence-electron chi connectivity index (χ0n) is 14.4. The molecule has 2 atom stereocenters. The fraction of sp³-hybridized carbons (Fsp3) is 0.526. The summed E-state index contributed by atoms with van der Waals surface area (Å²) in [5.41, 5.74) is 0.884. The number of hydrogen-bond donors (Lipinski definition) is 3. The quantitative estimate of drug-likeness (QED) is 0.770. The molecule has 0 radical (unpaired) electrons. The summed E-state index contributed by atoms with van der Waals surface area (Å²) in [6.45, 7) is 0. The SMILES string of the molecule is O=C(NC1C2CC3CC1CC(O)(C3)C2)c1csc(Nc2ccncc2)n1. The Morgan fingerprint density at radius 1 is 1.19 bits per heavy atom. The number of pyridine rings is 1. The lowest BCUT2D eigenvalue weighted by Crippen LogP contribution is -2.61. The second kappa shape index (κ2) is 6.03. The van der Waals surface area contributed by atoms with Crippen LogP contribution in [0.4, 0.5) is 10.8 Å². The van der Waals surface area contributed by atoms with Gasteiger partial charge in [-0.2, -0.15) is 0 Å². The fourth-order valence-electron chi connectivity index (χ4n) is 5.44. The molecule has 4 fully saturated rings. The Kier molecular flexibility index (Phi) is 3.76. The smallest absolute Gasteiger partial charge is 0.271 e. The van der Waals surface area contributed by atoms with Gasteiger partial charge < -0.3 is 15.7 Å². The number of amides is 1. The molecule has 0 aliphatic heterocycles. The minimum absolute atomic E-state index is 0.103. The van der Waals surface area contributed by atoms with Gasteiger partial charge in [-0.3, -0.25) is 9.78 Å². The van der Waals surface area contributed by atoms with Gasteiger partial charge in [-0.1, -0.05) is 0 Å². The van der Waals surface area contributed by atoms with Gasteiger partial charge in [0, 0.05) is 29.5 Å². The maximum Gasteiger partial charge on any atom is 0.271 e. The summed E-state index contributed by atoms with van der Waals surface area (Å²) in [6.07, 6.45) is 8.31. The lowest BCUT2D eigenvalue weighted by Gasteiger charge is -2.58. The maximum absolute atomic E-state index is 12.7. The second-order valence-corrected chi connectivity index (χ2v) is 8.95. The third-order valence-electron chi connectivity index (χ3n) is 6.21. The molecule has 0 spiro atoms. The van der Waals surface area contributed by atoms with Crippen LogP contribution >= 0.6 is 11.3 Å². The third-order valence-corrected chi connectivity index (χ3v) is 6.96. The fourth-order valence-corrected chi connectivity index (χ4v) is 6.15. The van der Waals surface area contributed by atoms with E-state index in [0.29, 0.717) is 28.6 Å². The number of carbonyl (C=O) groups is 1. The Bertz CT molecular complexity index is 808. The van der Waals surface area contributed by atoms with Crippen LogP contribution in [-0.2, 0) is 0 Å². The summed E-state index contributed by atoms with van der Waals surface area (Å²) in [7, 11) is 0. The van der Waals surface area contributed by atoms with Crippen molar-refractivity contribution in [1.29, 1.82) is 0 Å². The molecular weight excluding hydrogens is 348 g/mol. The van der Waals surface area contributed by atoms with Crippen LogP contribution in [0.15, 0.2) is 29.9 Å². The number of nitrogens with one attached hydrogen (secondary N) is 2. The Morgan fingerprint density at radius 3 is 2.62 bits per heavy atom. The Labute approximate surface area is 156 Å². The molecule has 136 valence electrons. The Hall–Kier alpha value is -1.99. The summed E-state index contributed by atoms with van der Waals surface area (Å²) in [5, 5.41) is 19.6. The predicted molar refractivity (Wildman–Crippen MR) is 99.4 cm³/mol. The molecule has 2 aromatic rings. The number of hydrogen-bond acceptors (Lipinski definition) is 6. The van der Waals surface area contributed by atoms with Crippen LogP contribution in [0.25, 0.3) is 0 Å². The summed E-state index contributed by atoms with van der Waals surface area (Å²) >= 11 is 1.42. The summed E-state index contributed by atoms with van der Waals surface area (Å²) in [6, 6.07) is 3.90. The van der Waals surface area contributed by atoms with Gasteiger partial charge in [-0.05, 0) is 62.0 Å². The molecule has 6 nitrogen and oxygen atoms in total. The van der Waals surface area contributed by atoms with Gasteiger partial charge in [0.1, 0.15) is 5.69 Å². The van der Waals surface area contributed by atoms with Crippen molar-refractivity contribution in [2.24, 2.45) is 17.8 Å². The Morgan fingerprint density at radius 2 is 1.92 bits per heavy atom. The van der Waals surface area contributed by atoms with E-state index >= 15 is 0 Å². The molecular formula is C19H22N4O2S. The molecule has 4 bridgehead atoms. The first-order valence-electron chi connectivity index (χ1n) is 9.24.